The van der Waals surface area contributed by atoms with Gasteiger partial charge < -0.3 is 25.0 Å². The van der Waals surface area contributed by atoms with E-state index in [1.54, 1.807) is 35.5 Å². The standard InChI is InChI=1S/C34H37FN6O4/c1-21-12-13-23-24(9-5-11-26(23)39-30(42)34(35)15-16-34)28(21)44-29-25(10-6-17-36-29)27-14-18-37-31(40-27)38-22-8-7-19-41(20-22)32(43)45-33(2,3)4/h5-6,9-14,17-18,22H,7-8,15-16,19-20H2,1-4H3,(H,39,42)(H,37,38,40). The van der Waals surface area contributed by atoms with Crippen LogP contribution >= 0.6 is 0 Å². The van der Waals surface area contributed by atoms with Crippen LogP contribution in [0.15, 0.2) is 60.9 Å². The topological polar surface area (TPSA) is 119 Å². The van der Waals surface area contributed by atoms with Gasteiger partial charge >= 0.3 is 6.09 Å². The average molecular weight is 613 g/mol. The third-order valence-electron chi connectivity index (χ3n) is 7.86. The van der Waals surface area contributed by atoms with Crippen molar-refractivity contribution in [2.24, 2.45) is 0 Å². The summed E-state index contributed by atoms with van der Waals surface area (Å²) in [4.78, 5) is 40.6. The van der Waals surface area contributed by atoms with Gasteiger partial charge in [0, 0.05) is 48.0 Å². The van der Waals surface area contributed by atoms with Crippen molar-refractivity contribution in [1.82, 2.24) is 19.9 Å². The van der Waals surface area contributed by atoms with Gasteiger partial charge in [-0.2, -0.15) is 0 Å². The van der Waals surface area contributed by atoms with Crippen molar-refractivity contribution < 1.29 is 23.5 Å². The Hall–Kier alpha value is -4.80. The molecule has 45 heavy (non-hydrogen) atoms. The molecule has 1 unspecified atom stereocenters. The molecule has 0 spiro atoms. The number of alkyl halides is 1. The molecule has 1 saturated carbocycles. The molecular formula is C34H37FN6O4. The van der Waals surface area contributed by atoms with Gasteiger partial charge in [0.1, 0.15) is 11.4 Å². The first-order valence-electron chi connectivity index (χ1n) is 15.2. The zero-order valence-corrected chi connectivity index (χ0v) is 25.9. The molecule has 2 aromatic carbocycles. The Bertz CT molecular complexity index is 1750. The highest BCUT2D eigenvalue weighted by molar-refractivity contribution is 6.07. The molecule has 234 valence electrons. The summed E-state index contributed by atoms with van der Waals surface area (Å²) in [5, 5.41) is 7.63. The summed E-state index contributed by atoms with van der Waals surface area (Å²) in [5.41, 5.74) is 0.315. The van der Waals surface area contributed by atoms with Crippen LogP contribution in [-0.2, 0) is 9.53 Å². The number of nitrogens with one attached hydrogen (secondary N) is 2. The van der Waals surface area contributed by atoms with Crippen LogP contribution in [0.3, 0.4) is 0 Å². The lowest BCUT2D eigenvalue weighted by Crippen LogP contribution is -2.47. The van der Waals surface area contributed by atoms with Crippen molar-refractivity contribution >= 4 is 34.4 Å². The van der Waals surface area contributed by atoms with Crippen molar-refractivity contribution in [3.8, 4) is 22.9 Å². The molecule has 10 nitrogen and oxygen atoms in total. The minimum Gasteiger partial charge on any atom is -0.444 e. The Labute approximate surface area is 261 Å². The predicted molar refractivity (Wildman–Crippen MR) is 170 cm³/mol. The van der Waals surface area contributed by atoms with Crippen molar-refractivity contribution in [2.75, 3.05) is 23.7 Å². The van der Waals surface area contributed by atoms with Gasteiger partial charge in [-0.15, -0.1) is 0 Å². The number of hydrogen-bond donors (Lipinski definition) is 2. The second-order valence-corrected chi connectivity index (χ2v) is 12.7. The fraction of sp³-hybridized carbons (Fsp3) is 0.382. The highest BCUT2D eigenvalue weighted by atomic mass is 19.1. The number of fused-ring (bicyclic) bond motifs is 1. The number of carbonyl (C=O) groups excluding carboxylic acids is 2. The highest BCUT2D eigenvalue weighted by Gasteiger charge is 2.51. The Morgan fingerprint density at radius 1 is 1.02 bits per heavy atom. The number of anilines is 2. The van der Waals surface area contributed by atoms with Crippen LogP contribution in [0.4, 0.5) is 20.8 Å². The number of nitrogens with zero attached hydrogens (tertiary/aromatic N) is 4. The Kier molecular flexibility index (Phi) is 8.03. The maximum Gasteiger partial charge on any atom is 0.410 e. The van der Waals surface area contributed by atoms with Crippen molar-refractivity contribution in [1.29, 1.82) is 0 Å². The van der Waals surface area contributed by atoms with Crippen molar-refractivity contribution in [3.63, 3.8) is 0 Å². The highest BCUT2D eigenvalue weighted by Crippen LogP contribution is 2.42. The average Bonchev–Trinajstić information content (AvgIpc) is 3.77. The van der Waals surface area contributed by atoms with Gasteiger partial charge in [-0.1, -0.05) is 24.3 Å². The SMILES string of the molecule is Cc1ccc2c(NC(=O)C3(F)CC3)cccc2c1Oc1ncccc1-c1ccnc(NC2CCCN(C(=O)OC(C)(C)C)C2)n1. The van der Waals surface area contributed by atoms with Crippen molar-refractivity contribution in [3.05, 3.63) is 66.5 Å². The summed E-state index contributed by atoms with van der Waals surface area (Å²) in [6.07, 6.45) is 5.18. The number of carbonyl (C=O) groups is 2. The minimum absolute atomic E-state index is 0.0358. The van der Waals surface area contributed by atoms with Gasteiger partial charge in [0.15, 0.2) is 5.67 Å². The summed E-state index contributed by atoms with van der Waals surface area (Å²) in [6, 6.07) is 14.7. The molecule has 0 radical (unpaired) electrons. The molecule has 2 aromatic heterocycles. The molecule has 6 rings (SSSR count). The van der Waals surface area contributed by atoms with E-state index in [0.29, 0.717) is 47.6 Å². The van der Waals surface area contributed by atoms with Gasteiger partial charge in [-0.3, -0.25) is 4.79 Å². The minimum atomic E-state index is -1.78. The number of benzene rings is 2. The van der Waals surface area contributed by atoms with Crippen LogP contribution in [0.1, 0.15) is 52.0 Å². The van der Waals surface area contributed by atoms with E-state index in [2.05, 4.69) is 20.6 Å². The summed E-state index contributed by atoms with van der Waals surface area (Å²) in [5.74, 6) is 0.730. The third kappa shape index (κ3) is 6.82. The molecule has 1 atom stereocenters. The van der Waals surface area contributed by atoms with Crippen LogP contribution in [0.25, 0.3) is 22.0 Å². The van der Waals surface area contributed by atoms with Gasteiger partial charge in [0.25, 0.3) is 5.91 Å². The summed E-state index contributed by atoms with van der Waals surface area (Å²) >= 11 is 0. The molecule has 1 aliphatic heterocycles. The monoisotopic (exact) mass is 612 g/mol. The molecule has 2 fully saturated rings. The first-order valence-corrected chi connectivity index (χ1v) is 15.2. The number of rotatable bonds is 7. The van der Waals surface area contributed by atoms with Gasteiger partial charge in [-0.05, 0) is 83.2 Å². The largest absolute Gasteiger partial charge is 0.444 e. The number of hydrogen-bond acceptors (Lipinski definition) is 8. The zero-order chi connectivity index (χ0) is 31.8. The molecule has 11 heteroatoms. The number of ether oxygens (including phenoxy) is 2. The first kappa shape index (κ1) is 30.2. The van der Waals surface area contributed by atoms with E-state index in [-0.39, 0.29) is 25.0 Å². The molecule has 0 bridgehead atoms. The van der Waals surface area contributed by atoms with E-state index in [1.165, 1.54) is 0 Å². The molecule has 2 N–H and O–H groups in total. The van der Waals surface area contributed by atoms with E-state index in [4.69, 9.17) is 14.5 Å². The van der Waals surface area contributed by atoms with Crippen LogP contribution in [-0.4, -0.2) is 62.3 Å². The number of pyridine rings is 1. The Morgan fingerprint density at radius 2 is 1.84 bits per heavy atom. The summed E-state index contributed by atoms with van der Waals surface area (Å²) < 4.78 is 26.4. The van der Waals surface area contributed by atoms with E-state index < -0.39 is 17.2 Å². The van der Waals surface area contributed by atoms with Crippen LogP contribution in [0.5, 0.6) is 11.6 Å². The van der Waals surface area contributed by atoms with Gasteiger partial charge in [-0.25, -0.2) is 24.1 Å². The quantitative estimate of drug-likeness (QED) is 0.228. The zero-order valence-electron chi connectivity index (χ0n) is 25.9. The number of piperidine rings is 1. The molecular weight excluding hydrogens is 575 g/mol. The lowest BCUT2D eigenvalue weighted by Gasteiger charge is -2.34. The van der Waals surface area contributed by atoms with E-state index in [0.717, 1.165) is 29.2 Å². The van der Waals surface area contributed by atoms with Gasteiger partial charge in [0.05, 0.1) is 11.3 Å². The molecule has 1 saturated heterocycles. The second kappa shape index (κ2) is 11.9. The van der Waals surface area contributed by atoms with E-state index in [1.807, 2.05) is 58.0 Å². The number of amides is 2. The second-order valence-electron chi connectivity index (χ2n) is 12.7. The lowest BCUT2D eigenvalue weighted by atomic mass is 10.0. The fourth-order valence-corrected chi connectivity index (χ4v) is 5.37. The smallest absolute Gasteiger partial charge is 0.410 e. The summed E-state index contributed by atoms with van der Waals surface area (Å²) in [6.45, 7) is 8.63. The van der Waals surface area contributed by atoms with Crippen LogP contribution in [0.2, 0.25) is 0 Å². The number of aromatic nitrogens is 3. The maximum atomic E-state index is 14.4. The molecule has 1 aliphatic carbocycles. The summed E-state index contributed by atoms with van der Waals surface area (Å²) in [7, 11) is 0. The molecule has 2 aliphatic rings. The number of aryl methyl sites for hydroxylation is 1. The van der Waals surface area contributed by atoms with Crippen LogP contribution < -0.4 is 15.4 Å². The molecule has 2 amide bonds. The maximum absolute atomic E-state index is 14.4. The fourth-order valence-electron chi connectivity index (χ4n) is 5.37. The van der Waals surface area contributed by atoms with Crippen molar-refractivity contribution in [2.45, 2.75) is 70.7 Å². The third-order valence-corrected chi connectivity index (χ3v) is 7.86. The predicted octanol–water partition coefficient (Wildman–Crippen LogP) is 7.04. The molecule has 4 aromatic rings. The Balaban J connectivity index is 1.23. The van der Waals surface area contributed by atoms with E-state index >= 15 is 0 Å². The molecule has 3 heterocycles. The van der Waals surface area contributed by atoms with E-state index in [9.17, 15) is 14.0 Å². The lowest BCUT2D eigenvalue weighted by molar-refractivity contribution is -0.122. The number of halogens is 1. The number of likely N-dealkylation sites (tertiary alicyclic amines) is 1. The first-order chi connectivity index (χ1) is 21.5. The Morgan fingerprint density at radius 3 is 2.62 bits per heavy atom. The normalized spacial score (nSPS) is 17.4. The van der Waals surface area contributed by atoms with Crippen LogP contribution in [0, 0.1) is 6.92 Å². The van der Waals surface area contributed by atoms with Gasteiger partial charge in [0.2, 0.25) is 11.8 Å².